The summed E-state index contributed by atoms with van der Waals surface area (Å²) in [5, 5.41) is 0. The molecule has 0 aromatic heterocycles. The number of benzene rings is 1. The lowest BCUT2D eigenvalue weighted by molar-refractivity contribution is -0.148. The smallest absolute Gasteiger partial charge is 0.308 e. The number of rotatable bonds is 5. The van der Waals surface area contributed by atoms with Crippen molar-refractivity contribution in [3.05, 3.63) is 29.8 Å². The van der Waals surface area contributed by atoms with Gasteiger partial charge in [-0.15, -0.1) is 0 Å². The van der Waals surface area contributed by atoms with Crippen LogP contribution in [0.1, 0.15) is 55.8 Å². The van der Waals surface area contributed by atoms with Gasteiger partial charge in [-0.25, -0.2) is 0 Å². The van der Waals surface area contributed by atoms with Crippen molar-refractivity contribution in [2.24, 2.45) is 5.92 Å². The summed E-state index contributed by atoms with van der Waals surface area (Å²) in [4.78, 5) is 55.5. The number of methoxy groups -OCH3 is 1. The number of anilines is 1. The van der Waals surface area contributed by atoms with Crippen LogP contribution in [0.3, 0.4) is 0 Å². The molecule has 4 rings (SSSR count). The zero-order valence-electron chi connectivity index (χ0n) is 18.1. The average Bonchev–Trinajstić information content (AvgIpc) is 3.10. The molecule has 0 aliphatic carbocycles. The minimum atomic E-state index is -0.690. The molecular formula is C23H29N3O5. The summed E-state index contributed by atoms with van der Waals surface area (Å²) in [6, 6.07) is 7.23. The average molecular weight is 428 g/mol. The topological polar surface area (TPSA) is 87.2 Å². The van der Waals surface area contributed by atoms with Gasteiger partial charge in [-0.2, -0.15) is 0 Å². The second kappa shape index (κ2) is 8.32. The molecule has 1 unspecified atom stereocenters. The zero-order chi connectivity index (χ0) is 22.2. The van der Waals surface area contributed by atoms with Gasteiger partial charge in [0, 0.05) is 32.5 Å². The lowest BCUT2D eigenvalue weighted by Crippen LogP contribution is -2.62. The molecule has 1 aromatic rings. The van der Waals surface area contributed by atoms with E-state index in [1.54, 1.807) is 26.8 Å². The van der Waals surface area contributed by atoms with Crippen molar-refractivity contribution < 1.29 is 23.9 Å². The molecule has 31 heavy (non-hydrogen) atoms. The summed E-state index contributed by atoms with van der Waals surface area (Å²) < 4.78 is 4.80. The monoisotopic (exact) mass is 427 g/mol. The Morgan fingerprint density at radius 1 is 1.16 bits per heavy atom. The van der Waals surface area contributed by atoms with Crippen LogP contribution in [0.5, 0.6) is 0 Å². The van der Waals surface area contributed by atoms with E-state index in [1.807, 2.05) is 19.1 Å². The van der Waals surface area contributed by atoms with Crippen LogP contribution in [0.2, 0.25) is 0 Å². The number of carbonyl (C=O) groups is 4. The number of esters is 1. The molecule has 3 heterocycles. The molecular weight excluding hydrogens is 398 g/mol. The standard InChI is InChI=1S/C23H29N3O5/c1-23-12-9-20(28)26(23)18-7-4-3-6-17(18)21(29)25(23)13-5-8-19(27)24-14-10-16(11-15-24)22(30)31-2/h3-4,6-7,16H,5,8-15H2,1-2H3. The third kappa shape index (κ3) is 3.68. The highest BCUT2D eigenvalue weighted by molar-refractivity contribution is 6.10. The van der Waals surface area contributed by atoms with Crippen LogP contribution < -0.4 is 4.90 Å². The molecule has 0 spiro atoms. The van der Waals surface area contributed by atoms with Gasteiger partial charge in [-0.1, -0.05) is 12.1 Å². The largest absolute Gasteiger partial charge is 0.469 e. The first-order valence-corrected chi connectivity index (χ1v) is 11.0. The van der Waals surface area contributed by atoms with Crippen LogP contribution in [0.15, 0.2) is 24.3 Å². The third-order valence-corrected chi connectivity index (χ3v) is 6.90. The maximum atomic E-state index is 13.2. The molecule has 2 fully saturated rings. The molecule has 3 amide bonds. The highest BCUT2D eigenvalue weighted by Crippen LogP contribution is 2.44. The number of carbonyl (C=O) groups excluding carboxylic acids is 4. The predicted octanol–water partition coefficient (Wildman–Crippen LogP) is 2.18. The fourth-order valence-electron chi connectivity index (χ4n) is 5.12. The molecule has 2 saturated heterocycles. The Morgan fingerprint density at radius 2 is 1.87 bits per heavy atom. The Bertz CT molecular complexity index is 908. The fourth-order valence-corrected chi connectivity index (χ4v) is 5.12. The first-order valence-electron chi connectivity index (χ1n) is 11.0. The van der Waals surface area contributed by atoms with Gasteiger partial charge in [0.15, 0.2) is 0 Å². The molecule has 1 atom stereocenters. The fraction of sp³-hybridized carbons (Fsp3) is 0.565. The van der Waals surface area contributed by atoms with Crippen molar-refractivity contribution in [3.8, 4) is 0 Å². The Balaban J connectivity index is 1.39. The van der Waals surface area contributed by atoms with E-state index in [-0.39, 0.29) is 29.6 Å². The summed E-state index contributed by atoms with van der Waals surface area (Å²) in [5.74, 6) is -0.365. The number of amides is 3. The third-order valence-electron chi connectivity index (χ3n) is 6.90. The number of hydrogen-bond donors (Lipinski definition) is 0. The van der Waals surface area contributed by atoms with Crippen LogP contribution in [0.4, 0.5) is 5.69 Å². The minimum Gasteiger partial charge on any atom is -0.469 e. The second-order valence-electron chi connectivity index (χ2n) is 8.70. The van der Waals surface area contributed by atoms with E-state index in [4.69, 9.17) is 4.74 Å². The highest BCUT2D eigenvalue weighted by atomic mass is 16.5. The van der Waals surface area contributed by atoms with Crippen LogP contribution in [-0.4, -0.2) is 65.9 Å². The summed E-state index contributed by atoms with van der Waals surface area (Å²) in [5.41, 5.74) is 0.523. The van der Waals surface area contributed by atoms with Crippen molar-refractivity contribution >= 4 is 29.4 Å². The van der Waals surface area contributed by atoms with E-state index in [9.17, 15) is 19.2 Å². The van der Waals surface area contributed by atoms with Crippen LogP contribution in [-0.2, 0) is 19.1 Å². The number of piperidine rings is 1. The Kier molecular flexibility index (Phi) is 5.73. The van der Waals surface area contributed by atoms with E-state index in [1.165, 1.54) is 7.11 Å². The van der Waals surface area contributed by atoms with Crippen molar-refractivity contribution in [3.63, 3.8) is 0 Å². The van der Waals surface area contributed by atoms with E-state index >= 15 is 0 Å². The first-order chi connectivity index (χ1) is 14.9. The molecule has 8 heteroatoms. The summed E-state index contributed by atoms with van der Waals surface area (Å²) in [6.07, 6.45) is 3.09. The van der Waals surface area contributed by atoms with Gasteiger partial charge in [-0.3, -0.25) is 24.1 Å². The van der Waals surface area contributed by atoms with Crippen molar-refractivity contribution in [1.82, 2.24) is 9.80 Å². The minimum absolute atomic E-state index is 0.0250. The van der Waals surface area contributed by atoms with Gasteiger partial charge in [0.2, 0.25) is 11.8 Å². The van der Waals surface area contributed by atoms with E-state index < -0.39 is 5.66 Å². The maximum absolute atomic E-state index is 13.2. The Morgan fingerprint density at radius 3 is 2.58 bits per heavy atom. The molecule has 0 bridgehead atoms. The van der Waals surface area contributed by atoms with Gasteiger partial charge < -0.3 is 14.5 Å². The van der Waals surface area contributed by atoms with E-state index in [2.05, 4.69) is 0 Å². The van der Waals surface area contributed by atoms with Crippen LogP contribution >= 0.6 is 0 Å². The van der Waals surface area contributed by atoms with Crippen molar-refractivity contribution in [2.75, 3.05) is 31.6 Å². The Hall–Kier alpha value is -2.90. The molecule has 0 N–H and O–H groups in total. The summed E-state index contributed by atoms with van der Waals surface area (Å²) >= 11 is 0. The highest BCUT2D eigenvalue weighted by Gasteiger charge is 2.52. The normalized spacial score (nSPS) is 23.6. The molecule has 0 radical (unpaired) electrons. The number of fused-ring (bicyclic) bond motifs is 3. The van der Waals surface area contributed by atoms with Gasteiger partial charge >= 0.3 is 5.97 Å². The van der Waals surface area contributed by atoms with E-state index in [0.29, 0.717) is 69.4 Å². The quantitative estimate of drug-likeness (QED) is 0.672. The van der Waals surface area contributed by atoms with Crippen LogP contribution in [0.25, 0.3) is 0 Å². The molecule has 8 nitrogen and oxygen atoms in total. The number of ether oxygens (including phenoxy) is 1. The van der Waals surface area contributed by atoms with Gasteiger partial charge in [0.25, 0.3) is 5.91 Å². The first kappa shape index (κ1) is 21.3. The SMILES string of the molecule is COC(=O)C1CCN(C(=O)CCCN2C(=O)c3ccccc3N3C(=O)CCC23C)CC1. The van der Waals surface area contributed by atoms with Crippen molar-refractivity contribution in [2.45, 2.75) is 51.1 Å². The lowest BCUT2D eigenvalue weighted by Gasteiger charge is -2.48. The molecule has 1 aromatic carbocycles. The van der Waals surface area contributed by atoms with Gasteiger partial charge in [-0.05, 0) is 44.7 Å². The number of para-hydroxylation sites is 1. The summed E-state index contributed by atoms with van der Waals surface area (Å²) in [7, 11) is 1.39. The van der Waals surface area contributed by atoms with Gasteiger partial charge in [0.1, 0.15) is 5.66 Å². The molecule has 0 saturated carbocycles. The van der Waals surface area contributed by atoms with E-state index in [0.717, 1.165) is 0 Å². The van der Waals surface area contributed by atoms with Crippen molar-refractivity contribution in [1.29, 1.82) is 0 Å². The Labute approximate surface area is 182 Å². The second-order valence-corrected chi connectivity index (χ2v) is 8.70. The lowest BCUT2D eigenvalue weighted by atomic mass is 9.96. The number of hydrogen-bond acceptors (Lipinski definition) is 5. The van der Waals surface area contributed by atoms with Gasteiger partial charge in [0.05, 0.1) is 24.3 Å². The zero-order valence-corrected chi connectivity index (χ0v) is 18.1. The molecule has 166 valence electrons. The molecule has 3 aliphatic rings. The summed E-state index contributed by atoms with van der Waals surface area (Å²) in [6.45, 7) is 3.45. The van der Waals surface area contributed by atoms with Crippen LogP contribution in [0, 0.1) is 5.92 Å². The predicted molar refractivity (Wildman–Crippen MR) is 113 cm³/mol. The number of nitrogens with zero attached hydrogens (tertiary/aromatic N) is 3. The maximum Gasteiger partial charge on any atom is 0.308 e. The number of likely N-dealkylation sites (tertiary alicyclic amines) is 1. The molecule has 3 aliphatic heterocycles.